The molecule has 0 heterocycles. The minimum atomic E-state index is -0.0903. The van der Waals surface area contributed by atoms with E-state index in [9.17, 15) is 0 Å². The first kappa shape index (κ1) is 10.4. The summed E-state index contributed by atoms with van der Waals surface area (Å²) in [5.41, 5.74) is 2.29. The Morgan fingerprint density at radius 3 is 2.60 bits per heavy atom. The predicted octanol–water partition coefficient (Wildman–Crippen LogP) is 1.81. The van der Waals surface area contributed by atoms with Crippen LogP contribution in [-0.2, 0) is 0 Å². The highest BCUT2D eigenvalue weighted by Gasteiger charge is 2.26. The SMILES string of the molecule is C=C(CNC1CC(O)C1)c1ccccc1. The highest BCUT2D eigenvalue weighted by Crippen LogP contribution is 2.20. The van der Waals surface area contributed by atoms with Crippen LogP contribution in [0.1, 0.15) is 18.4 Å². The van der Waals surface area contributed by atoms with Gasteiger partial charge in [0.25, 0.3) is 0 Å². The molecule has 0 unspecified atom stereocenters. The van der Waals surface area contributed by atoms with Gasteiger partial charge >= 0.3 is 0 Å². The zero-order valence-corrected chi connectivity index (χ0v) is 8.82. The molecular weight excluding hydrogens is 186 g/mol. The Bertz CT molecular complexity index is 328. The smallest absolute Gasteiger partial charge is 0.0570 e. The molecule has 2 N–H and O–H groups in total. The van der Waals surface area contributed by atoms with Crippen LogP contribution in [0.5, 0.6) is 0 Å². The maximum absolute atomic E-state index is 9.14. The third-order valence-corrected chi connectivity index (χ3v) is 2.90. The topological polar surface area (TPSA) is 32.3 Å². The molecule has 2 heteroatoms. The zero-order chi connectivity index (χ0) is 10.7. The van der Waals surface area contributed by atoms with E-state index in [0.717, 1.165) is 25.0 Å². The lowest BCUT2D eigenvalue weighted by atomic mass is 9.89. The van der Waals surface area contributed by atoms with Gasteiger partial charge in [-0.25, -0.2) is 0 Å². The molecule has 1 aliphatic carbocycles. The Hall–Kier alpha value is -1.12. The summed E-state index contributed by atoms with van der Waals surface area (Å²) in [6.45, 7) is 4.86. The fourth-order valence-electron chi connectivity index (χ4n) is 1.80. The molecule has 0 spiro atoms. The van der Waals surface area contributed by atoms with Crippen molar-refractivity contribution in [3.63, 3.8) is 0 Å². The van der Waals surface area contributed by atoms with Crippen molar-refractivity contribution in [2.75, 3.05) is 6.54 Å². The third kappa shape index (κ3) is 2.67. The lowest BCUT2D eigenvalue weighted by Gasteiger charge is -2.32. The molecule has 2 rings (SSSR count). The minimum Gasteiger partial charge on any atom is -0.393 e. The standard InChI is InChI=1S/C13H17NO/c1-10(11-5-3-2-4-6-11)9-14-12-7-13(15)8-12/h2-6,12-15H,1,7-9H2. The van der Waals surface area contributed by atoms with Gasteiger partial charge in [0.05, 0.1) is 6.10 Å². The van der Waals surface area contributed by atoms with Crippen molar-refractivity contribution in [2.45, 2.75) is 25.0 Å². The Balaban J connectivity index is 1.78. The van der Waals surface area contributed by atoms with Gasteiger partial charge < -0.3 is 10.4 Å². The number of rotatable bonds is 4. The second-order valence-electron chi connectivity index (χ2n) is 4.17. The summed E-state index contributed by atoms with van der Waals surface area (Å²) in [7, 11) is 0. The molecule has 1 aromatic rings. The average Bonchev–Trinajstić information content (AvgIpc) is 2.23. The van der Waals surface area contributed by atoms with E-state index < -0.39 is 0 Å². The van der Waals surface area contributed by atoms with Gasteiger partial charge in [0, 0.05) is 12.6 Å². The average molecular weight is 203 g/mol. The molecule has 0 aromatic heterocycles. The van der Waals surface area contributed by atoms with Gasteiger partial charge in [0.2, 0.25) is 0 Å². The van der Waals surface area contributed by atoms with Gasteiger partial charge in [-0.2, -0.15) is 0 Å². The number of aliphatic hydroxyl groups excluding tert-OH is 1. The van der Waals surface area contributed by atoms with Crippen LogP contribution in [-0.4, -0.2) is 23.8 Å². The summed E-state index contributed by atoms with van der Waals surface area (Å²) in [5, 5.41) is 12.5. The van der Waals surface area contributed by atoms with Crippen LogP contribution in [0.25, 0.3) is 5.57 Å². The molecule has 0 radical (unpaired) electrons. The summed E-state index contributed by atoms with van der Waals surface area (Å²) < 4.78 is 0. The normalized spacial score (nSPS) is 24.6. The van der Waals surface area contributed by atoms with Gasteiger partial charge in [-0.1, -0.05) is 36.9 Å². The molecule has 0 amide bonds. The molecule has 2 nitrogen and oxygen atoms in total. The maximum atomic E-state index is 9.14. The number of hydrogen-bond acceptors (Lipinski definition) is 2. The first-order valence-electron chi connectivity index (χ1n) is 5.40. The third-order valence-electron chi connectivity index (χ3n) is 2.90. The number of nitrogens with one attached hydrogen (secondary N) is 1. The van der Waals surface area contributed by atoms with E-state index in [1.54, 1.807) is 0 Å². The molecule has 1 aromatic carbocycles. The Morgan fingerprint density at radius 1 is 1.33 bits per heavy atom. The molecule has 0 atom stereocenters. The van der Waals surface area contributed by atoms with Crippen molar-refractivity contribution >= 4 is 5.57 Å². The predicted molar refractivity (Wildman–Crippen MR) is 62.5 cm³/mol. The second-order valence-corrected chi connectivity index (χ2v) is 4.17. The minimum absolute atomic E-state index is 0.0903. The molecule has 15 heavy (non-hydrogen) atoms. The van der Waals surface area contributed by atoms with Crippen LogP contribution in [0, 0.1) is 0 Å². The molecular formula is C13H17NO. The molecule has 1 fully saturated rings. The fraction of sp³-hybridized carbons (Fsp3) is 0.385. The van der Waals surface area contributed by atoms with Crippen LogP contribution in [0.4, 0.5) is 0 Å². The van der Waals surface area contributed by atoms with E-state index in [2.05, 4.69) is 24.0 Å². The molecule has 80 valence electrons. The maximum Gasteiger partial charge on any atom is 0.0570 e. The van der Waals surface area contributed by atoms with Crippen molar-refractivity contribution < 1.29 is 5.11 Å². The molecule has 1 saturated carbocycles. The van der Waals surface area contributed by atoms with Crippen LogP contribution < -0.4 is 5.32 Å². The Kier molecular flexibility index (Phi) is 3.19. The molecule has 0 bridgehead atoms. The molecule has 1 aliphatic rings. The van der Waals surface area contributed by atoms with E-state index >= 15 is 0 Å². The van der Waals surface area contributed by atoms with Crippen LogP contribution in [0.15, 0.2) is 36.9 Å². The van der Waals surface area contributed by atoms with E-state index in [0.29, 0.717) is 6.04 Å². The van der Waals surface area contributed by atoms with Crippen molar-refractivity contribution in [2.24, 2.45) is 0 Å². The lowest BCUT2D eigenvalue weighted by Crippen LogP contribution is -2.44. The van der Waals surface area contributed by atoms with Crippen LogP contribution >= 0.6 is 0 Å². The van der Waals surface area contributed by atoms with E-state index in [1.165, 1.54) is 5.56 Å². The largest absolute Gasteiger partial charge is 0.393 e. The fourth-order valence-corrected chi connectivity index (χ4v) is 1.80. The van der Waals surface area contributed by atoms with Gasteiger partial charge in [0.1, 0.15) is 0 Å². The first-order valence-corrected chi connectivity index (χ1v) is 5.40. The van der Waals surface area contributed by atoms with Gasteiger partial charge in [0.15, 0.2) is 0 Å². The van der Waals surface area contributed by atoms with Gasteiger partial charge in [-0.15, -0.1) is 0 Å². The molecule has 0 saturated heterocycles. The van der Waals surface area contributed by atoms with Crippen LogP contribution in [0.3, 0.4) is 0 Å². The highest BCUT2D eigenvalue weighted by molar-refractivity contribution is 5.64. The number of benzene rings is 1. The van der Waals surface area contributed by atoms with Gasteiger partial charge in [-0.3, -0.25) is 0 Å². The molecule has 0 aliphatic heterocycles. The van der Waals surface area contributed by atoms with E-state index in [1.807, 2.05) is 18.2 Å². The Morgan fingerprint density at radius 2 is 2.00 bits per heavy atom. The summed E-state index contributed by atoms with van der Waals surface area (Å²) in [5.74, 6) is 0. The quantitative estimate of drug-likeness (QED) is 0.782. The van der Waals surface area contributed by atoms with E-state index in [4.69, 9.17) is 5.11 Å². The van der Waals surface area contributed by atoms with Gasteiger partial charge in [-0.05, 0) is 24.0 Å². The first-order chi connectivity index (χ1) is 7.25. The van der Waals surface area contributed by atoms with E-state index in [-0.39, 0.29) is 6.10 Å². The lowest BCUT2D eigenvalue weighted by molar-refractivity contribution is 0.0643. The van der Waals surface area contributed by atoms with Crippen molar-refractivity contribution in [1.82, 2.24) is 5.32 Å². The Labute approximate surface area is 90.6 Å². The highest BCUT2D eigenvalue weighted by atomic mass is 16.3. The summed E-state index contributed by atoms with van der Waals surface area (Å²) in [4.78, 5) is 0. The number of aliphatic hydroxyl groups is 1. The summed E-state index contributed by atoms with van der Waals surface area (Å²) in [6.07, 6.45) is 1.66. The second kappa shape index (κ2) is 4.60. The zero-order valence-electron chi connectivity index (χ0n) is 8.82. The summed E-state index contributed by atoms with van der Waals surface area (Å²) in [6, 6.07) is 10.7. The number of hydrogen-bond donors (Lipinski definition) is 2. The van der Waals surface area contributed by atoms with Crippen molar-refractivity contribution in [1.29, 1.82) is 0 Å². The van der Waals surface area contributed by atoms with Crippen molar-refractivity contribution in [3.8, 4) is 0 Å². The summed E-state index contributed by atoms with van der Waals surface area (Å²) >= 11 is 0. The monoisotopic (exact) mass is 203 g/mol. The van der Waals surface area contributed by atoms with Crippen LogP contribution in [0.2, 0.25) is 0 Å². The van der Waals surface area contributed by atoms with Crippen molar-refractivity contribution in [3.05, 3.63) is 42.5 Å².